The van der Waals surface area contributed by atoms with E-state index in [1.807, 2.05) is 13.0 Å². The van der Waals surface area contributed by atoms with Crippen LogP contribution in [-0.2, 0) is 12.8 Å². The van der Waals surface area contributed by atoms with Crippen molar-refractivity contribution in [2.45, 2.75) is 40.5 Å². The Hall–Kier alpha value is -1.49. The first-order valence-electron chi connectivity index (χ1n) is 6.60. The Morgan fingerprint density at radius 2 is 1.95 bits per heavy atom. The van der Waals surface area contributed by atoms with Gasteiger partial charge >= 0.3 is 0 Å². The number of anilines is 1. The zero-order chi connectivity index (χ0) is 13.8. The van der Waals surface area contributed by atoms with Crippen LogP contribution in [0, 0.1) is 20.8 Å². The SMILES string of the molecule is CCc1cc(NCCc2sc(C)nc2C)nc(C)n1. The number of thiazole rings is 1. The summed E-state index contributed by atoms with van der Waals surface area (Å²) in [7, 11) is 0. The molecule has 0 aliphatic carbocycles. The summed E-state index contributed by atoms with van der Waals surface area (Å²) in [6.07, 6.45) is 1.92. The van der Waals surface area contributed by atoms with Gasteiger partial charge in [-0.3, -0.25) is 0 Å². The van der Waals surface area contributed by atoms with Gasteiger partial charge in [0.05, 0.1) is 10.7 Å². The van der Waals surface area contributed by atoms with E-state index in [4.69, 9.17) is 0 Å². The summed E-state index contributed by atoms with van der Waals surface area (Å²) < 4.78 is 0. The van der Waals surface area contributed by atoms with Crippen molar-refractivity contribution in [3.8, 4) is 0 Å². The Morgan fingerprint density at radius 1 is 1.16 bits per heavy atom. The molecule has 1 N–H and O–H groups in total. The second-order valence-electron chi connectivity index (χ2n) is 4.56. The molecule has 0 bridgehead atoms. The maximum absolute atomic E-state index is 4.44. The van der Waals surface area contributed by atoms with Gasteiger partial charge in [0.15, 0.2) is 0 Å². The highest BCUT2D eigenvalue weighted by molar-refractivity contribution is 7.11. The minimum absolute atomic E-state index is 0.826. The quantitative estimate of drug-likeness (QED) is 0.912. The fraction of sp³-hybridized carbons (Fsp3) is 0.500. The predicted octanol–water partition coefficient (Wildman–Crippen LogP) is 3.08. The molecule has 2 aromatic heterocycles. The molecule has 0 fully saturated rings. The van der Waals surface area contributed by atoms with Crippen LogP contribution in [0.25, 0.3) is 0 Å². The van der Waals surface area contributed by atoms with Crippen LogP contribution in [0.1, 0.15) is 34.0 Å². The van der Waals surface area contributed by atoms with Crippen molar-refractivity contribution in [3.63, 3.8) is 0 Å². The molecule has 0 atom stereocenters. The lowest BCUT2D eigenvalue weighted by Gasteiger charge is -2.07. The van der Waals surface area contributed by atoms with E-state index in [1.165, 1.54) is 4.88 Å². The van der Waals surface area contributed by atoms with Gasteiger partial charge in [0.2, 0.25) is 0 Å². The smallest absolute Gasteiger partial charge is 0.129 e. The van der Waals surface area contributed by atoms with Crippen molar-refractivity contribution in [1.82, 2.24) is 15.0 Å². The summed E-state index contributed by atoms with van der Waals surface area (Å²) in [6.45, 7) is 9.04. The van der Waals surface area contributed by atoms with Crippen molar-refractivity contribution < 1.29 is 0 Å². The molecule has 0 unspecified atom stereocenters. The van der Waals surface area contributed by atoms with Gasteiger partial charge in [-0.1, -0.05) is 6.92 Å². The number of aromatic nitrogens is 3. The molecule has 19 heavy (non-hydrogen) atoms. The molecule has 0 spiro atoms. The Kier molecular flexibility index (Phi) is 4.47. The van der Waals surface area contributed by atoms with Crippen LogP contribution in [0.3, 0.4) is 0 Å². The van der Waals surface area contributed by atoms with Crippen LogP contribution in [0.15, 0.2) is 6.07 Å². The van der Waals surface area contributed by atoms with Crippen molar-refractivity contribution in [2.24, 2.45) is 0 Å². The standard InChI is InChI=1S/C14H20N4S/c1-5-12-8-14(18-10(3)17-12)15-7-6-13-9(2)16-11(4)19-13/h8H,5-7H2,1-4H3,(H,15,17,18). The molecule has 0 saturated heterocycles. The van der Waals surface area contributed by atoms with Gasteiger partial charge in [0.25, 0.3) is 0 Å². The average Bonchev–Trinajstić information content (AvgIpc) is 2.67. The molecule has 4 nitrogen and oxygen atoms in total. The number of hydrogen-bond acceptors (Lipinski definition) is 5. The Balaban J connectivity index is 1.95. The van der Waals surface area contributed by atoms with E-state index in [0.29, 0.717) is 0 Å². The molecular formula is C14H20N4S. The first-order valence-corrected chi connectivity index (χ1v) is 7.41. The highest BCUT2D eigenvalue weighted by atomic mass is 32.1. The lowest BCUT2D eigenvalue weighted by molar-refractivity contribution is 0.933. The molecule has 102 valence electrons. The molecular weight excluding hydrogens is 256 g/mol. The third kappa shape index (κ3) is 3.73. The summed E-state index contributed by atoms with van der Waals surface area (Å²) >= 11 is 1.78. The highest BCUT2D eigenvalue weighted by Gasteiger charge is 2.05. The van der Waals surface area contributed by atoms with Gasteiger partial charge in [-0.25, -0.2) is 15.0 Å². The summed E-state index contributed by atoms with van der Waals surface area (Å²) in [5.74, 6) is 1.75. The molecule has 2 heterocycles. The van der Waals surface area contributed by atoms with Crippen molar-refractivity contribution in [3.05, 3.63) is 33.2 Å². The molecule has 2 rings (SSSR count). The van der Waals surface area contributed by atoms with E-state index in [9.17, 15) is 0 Å². The van der Waals surface area contributed by atoms with Crippen LogP contribution in [0.5, 0.6) is 0 Å². The number of hydrogen-bond donors (Lipinski definition) is 1. The van der Waals surface area contributed by atoms with Gasteiger partial charge in [-0.05, 0) is 27.2 Å². The van der Waals surface area contributed by atoms with E-state index >= 15 is 0 Å². The van der Waals surface area contributed by atoms with Gasteiger partial charge in [0.1, 0.15) is 11.6 Å². The lowest BCUT2D eigenvalue weighted by atomic mass is 10.3. The van der Waals surface area contributed by atoms with E-state index in [2.05, 4.69) is 41.0 Å². The minimum atomic E-state index is 0.826. The monoisotopic (exact) mass is 276 g/mol. The second-order valence-corrected chi connectivity index (χ2v) is 5.85. The fourth-order valence-corrected chi connectivity index (χ4v) is 2.95. The maximum atomic E-state index is 4.44. The number of nitrogens with one attached hydrogen (secondary N) is 1. The lowest BCUT2D eigenvalue weighted by Crippen LogP contribution is -2.08. The largest absolute Gasteiger partial charge is 0.370 e. The minimum Gasteiger partial charge on any atom is -0.370 e. The molecule has 0 aliphatic heterocycles. The Bertz CT molecular complexity index is 563. The molecule has 0 aliphatic rings. The topological polar surface area (TPSA) is 50.7 Å². The molecule has 2 aromatic rings. The summed E-state index contributed by atoms with van der Waals surface area (Å²) in [5, 5.41) is 4.51. The first kappa shape index (κ1) is 13.9. The third-order valence-corrected chi connectivity index (χ3v) is 4.04. The maximum Gasteiger partial charge on any atom is 0.129 e. The normalized spacial score (nSPS) is 10.7. The predicted molar refractivity (Wildman–Crippen MR) is 79.9 cm³/mol. The second kappa shape index (κ2) is 6.10. The average molecular weight is 276 g/mol. The zero-order valence-electron chi connectivity index (χ0n) is 11.9. The van der Waals surface area contributed by atoms with Crippen LogP contribution >= 0.6 is 11.3 Å². The van der Waals surface area contributed by atoms with E-state index < -0.39 is 0 Å². The summed E-state index contributed by atoms with van der Waals surface area (Å²) in [6, 6.07) is 2.03. The highest BCUT2D eigenvalue weighted by Crippen LogP contribution is 2.17. The molecule has 0 saturated carbocycles. The first-order chi connectivity index (χ1) is 9.08. The molecule has 0 radical (unpaired) electrons. The van der Waals surface area contributed by atoms with E-state index in [0.717, 1.165) is 47.4 Å². The zero-order valence-corrected chi connectivity index (χ0v) is 12.8. The van der Waals surface area contributed by atoms with Crippen LogP contribution in [0.2, 0.25) is 0 Å². The van der Waals surface area contributed by atoms with Crippen LogP contribution in [0.4, 0.5) is 5.82 Å². The number of nitrogens with zero attached hydrogens (tertiary/aromatic N) is 3. The molecule has 5 heteroatoms. The van der Waals surface area contributed by atoms with Gasteiger partial charge < -0.3 is 5.32 Å². The van der Waals surface area contributed by atoms with Gasteiger partial charge in [-0.15, -0.1) is 11.3 Å². The van der Waals surface area contributed by atoms with E-state index in [1.54, 1.807) is 11.3 Å². The number of rotatable bonds is 5. The van der Waals surface area contributed by atoms with Crippen molar-refractivity contribution in [2.75, 3.05) is 11.9 Å². The summed E-state index contributed by atoms with van der Waals surface area (Å²) in [5.41, 5.74) is 2.23. The van der Waals surface area contributed by atoms with Crippen LogP contribution < -0.4 is 5.32 Å². The van der Waals surface area contributed by atoms with Crippen molar-refractivity contribution in [1.29, 1.82) is 0 Å². The number of aryl methyl sites for hydroxylation is 4. The van der Waals surface area contributed by atoms with Gasteiger partial charge in [0, 0.05) is 29.6 Å². The molecule has 0 amide bonds. The van der Waals surface area contributed by atoms with E-state index in [-0.39, 0.29) is 0 Å². The Labute approximate surface area is 118 Å². The van der Waals surface area contributed by atoms with Crippen molar-refractivity contribution >= 4 is 17.2 Å². The fourth-order valence-electron chi connectivity index (χ4n) is 2.01. The summed E-state index contributed by atoms with van der Waals surface area (Å²) in [4.78, 5) is 14.6. The van der Waals surface area contributed by atoms with Crippen LogP contribution in [-0.4, -0.2) is 21.5 Å². The Morgan fingerprint density at radius 3 is 2.58 bits per heavy atom. The van der Waals surface area contributed by atoms with Gasteiger partial charge in [-0.2, -0.15) is 0 Å². The third-order valence-electron chi connectivity index (χ3n) is 2.91. The molecule has 0 aromatic carbocycles.